The molecular formula is C12H20N4O. The highest BCUT2D eigenvalue weighted by Gasteiger charge is 2.07. The average Bonchev–Trinajstić information content (AvgIpc) is 2.58. The van der Waals surface area contributed by atoms with Gasteiger partial charge in [-0.3, -0.25) is 4.79 Å². The summed E-state index contributed by atoms with van der Waals surface area (Å²) in [5, 5.41) is 9.34. The molecule has 1 aromatic heterocycles. The summed E-state index contributed by atoms with van der Waals surface area (Å²) in [5.41, 5.74) is 0.633. The molecule has 1 aromatic rings. The molecule has 0 aliphatic carbocycles. The lowest BCUT2D eigenvalue weighted by atomic mass is 10.2. The van der Waals surface area contributed by atoms with Crippen LogP contribution in [0.15, 0.2) is 17.1 Å². The van der Waals surface area contributed by atoms with Crippen LogP contribution in [0.1, 0.15) is 25.7 Å². The predicted molar refractivity (Wildman–Crippen MR) is 68.3 cm³/mol. The number of H-pyrrole nitrogens is 1. The number of rotatable bonds is 4. The molecule has 1 fully saturated rings. The maximum absolute atomic E-state index is 11.0. The van der Waals surface area contributed by atoms with Crippen molar-refractivity contribution in [2.24, 2.45) is 0 Å². The largest absolute Gasteiger partial charge is 0.382 e. The summed E-state index contributed by atoms with van der Waals surface area (Å²) in [4.78, 5) is 13.5. The van der Waals surface area contributed by atoms with E-state index in [1.807, 2.05) is 0 Å². The quantitative estimate of drug-likeness (QED) is 0.820. The molecule has 2 N–H and O–H groups in total. The number of aromatic nitrogens is 2. The van der Waals surface area contributed by atoms with Crippen LogP contribution in [-0.2, 0) is 0 Å². The van der Waals surface area contributed by atoms with Gasteiger partial charge in [0.05, 0.1) is 11.9 Å². The highest BCUT2D eigenvalue weighted by atomic mass is 16.1. The average molecular weight is 236 g/mol. The summed E-state index contributed by atoms with van der Waals surface area (Å²) >= 11 is 0. The molecule has 0 aromatic carbocycles. The van der Waals surface area contributed by atoms with Gasteiger partial charge in [-0.15, -0.1) is 0 Å². The molecule has 17 heavy (non-hydrogen) atoms. The number of likely N-dealkylation sites (tertiary alicyclic amines) is 1. The smallest absolute Gasteiger partial charge is 0.266 e. The lowest BCUT2D eigenvalue weighted by Gasteiger charge is -2.19. The molecule has 5 heteroatoms. The van der Waals surface area contributed by atoms with E-state index in [2.05, 4.69) is 20.4 Å². The molecule has 0 saturated carbocycles. The van der Waals surface area contributed by atoms with E-state index in [1.54, 1.807) is 6.20 Å². The van der Waals surface area contributed by atoms with Crippen molar-refractivity contribution in [1.29, 1.82) is 0 Å². The fraction of sp³-hybridized carbons (Fsp3) is 0.667. The maximum Gasteiger partial charge on any atom is 0.266 e. The third-order valence-electron chi connectivity index (χ3n) is 3.12. The third kappa shape index (κ3) is 4.19. The van der Waals surface area contributed by atoms with Crippen LogP contribution in [0.4, 0.5) is 5.69 Å². The molecule has 1 aliphatic rings. The van der Waals surface area contributed by atoms with Gasteiger partial charge in [0.2, 0.25) is 0 Å². The summed E-state index contributed by atoms with van der Waals surface area (Å²) < 4.78 is 0. The second-order valence-corrected chi connectivity index (χ2v) is 4.52. The Balaban J connectivity index is 1.73. The fourth-order valence-electron chi connectivity index (χ4n) is 2.19. The minimum Gasteiger partial charge on any atom is -0.382 e. The molecule has 5 nitrogen and oxygen atoms in total. The maximum atomic E-state index is 11.0. The van der Waals surface area contributed by atoms with Crippen LogP contribution in [0.2, 0.25) is 0 Å². The first kappa shape index (κ1) is 12.1. The van der Waals surface area contributed by atoms with Gasteiger partial charge in [-0.25, -0.2) is 5.10 Å². The van der Waals surface area contributed by atoms with Crippen LogP contribution >= 0.6 is 0 Å². The zero-order valence-electron chi connectivity index (χ0n) is 10.1. The van der Waals surface area contributed by atoms with Crippen molar-refractivity contribution in [3.63, 3.8) is 0 Å². The second-order valence-electron chi connectivity index (χ2n) is 4.52. The number of aromatic amines is 1. The van der Waals surface area contributed by atoms with Gasteiger partial charge in [0.1, 0.15) is 0 Å². The normalized spacial score (nSPS) is 17.6. The summed E-state index contributed by atoms with van der Waals surface area (Å²) in [6.07, 6.45) is 6.99. The van der Waals surface area contributed by atoms with Crippen molar-refractivity contribution in [2.75, 3.05) is 31.5 Å². The molecule has 0 radical (unpaired) electrons. The van der Waals surface area contributed by atoms with E-state index in [4.69, 9.17) is 0 Å². The molecule has 1 saturated heterocycles. The topological polar surface area (TPSA) is 61.0 Å². The van der Waals surface area contributed by atoms with Crippen LogP contribution in [0.3, 0.4) is 0 Å². The standard InChI is InChI=1S/C12H20N4O/c17-12-9-11(10-14-15-12)13-5-8-16-6-3-1-2-4-7-16/h9-10H,1-8H2,(H2,13,15,17). The van der Waals surface area contributed by atoms with Crippen molar-refractivity contribution in [2.45, 2.75) is 25.7 Å². The molecule has 0 amide bonds. The van der Waals surface area contributed by atoms with Crippen LogP contribution in [0.25, 0.3) is 0 Å². The van der Waals surface area contributed by atoms with E-state index >= 15 is 0 Å². The number of anilines is 1. The minimum absolute atomic E-state index is 0.162. The zero-order valence-corrected chi connectivity index (χ0v) is 10.1. The molecule has 2 heterocycles. The van der Waals surface area contributed by atoms with Crippen molar-refractivity contribution < 1.29 is 0 Å². The Hall–Kier alpha value is -1.36. The Morgan fingerprint density at radius 3 is 2.76 bits per heavy atom. The van der Waals surface area contributed by atoms with Crippen LogP contribution in [-0.4, -0.2) is 41.3 Å². The van der Waals surface area contributed by atoms with Crippen molar-refractivity contribution in [3.8, 4) is 0 Å². The van der Waals surface area contributed by atoms with Crippen LogP contribution in [0, 0.1) is 0 Å². The Morgan fingerprint density at radius 1 is 1.29 bits per heavy atom. The van der Waals surface area contributed by atoms with Crippen molar-refractivity contribution in [3.05, 3.63) is 22.6 Å². The van der Waals surface area contributed by atoms with Gasteiger partial charge in [-0.2, -0.15) is 5.10 Å². The molecule has 0 spiro atoms. The molecule has 2 rings (SSSR count). The first-order valence-electron chi connectivity index (χ1n) is 6.35. The van der Waals surface area contributed by atoms with Gasteiger partial charge in [0.25, 0.3) is 5.56 Å². The molecule has 0 atom stereocenters. The zero-order chi connectivity index (χ0) is 11.9. The van der Waals surface area contributed by atoms with E-state index in [9.17, 15) is 4.79 Å². The Bertz CT molecular complexity index is 382. The summed E-state index contributed by atoms with van der Waals surface area (Å²) in [5.74, 6) is 0. The Kier molecular flexibility index (Phi) is 4.55. The van der Waals surface area contributed by atoms with Crippen LogP contribution in [0.5, 0.6) is 0 Å². The Labute approximate surface area is 101 Å². The van der Waals surface area contributed by atoms with Gasteiger partial charge >= 0.3 is 0 Å². The van der Waals surface area contributed by atoms with Gasteiger partial charge < -0.3 is 10.2 Å². The highest BCUT2D eigenvalue weighted by Crippen LogP contribution is 2.09. The summed E-state index contributed by atoms with van der Waals surface area (Å²) in [6, 6.07) is 1.54. The van der Waals surface area contributed by atoms with E-state index in [-0.39, 0.29) is 5.56 Å². The van der Waals surface area contributed by atoms with Crippen molar-refractivity contribution in [1.82, 2.24) is 15.1 Å². The third-order valence-corrected chi connectivity index (χ3v) is 3.12. The van der Waals surface area contributed by atoms with E-state index in [0.29, 0.717) is 0 Å². The lowest BCUT2D eigenvalue weighted by molar-refractivity contribution is 0.296. The molecular weight excluding hydrogens is 216 g/mol. The highest BCUT2D eigenvalue weighted by molar-refractivity contribution is 5.38. The number of hydrogen-bond donors (Lipinski definition) is 2. The summed E-state index contributed by atoms with van der Waals surface area (Å²) in [6.45, 7) is 4.31. The summed E-state index contributed by atoms with van der Waals surface area (Å²) in [7, 11) is 0. The number of nitrogens with zero attached hydrogens (tertiary/aromatic N) is 2. The van der Waals surface area contributed by atoms with E-state index in [1.165, 1.54) is 44.8 Å². The number of nitrogens with one attached hydrogen (secondary N) is 2. The predicted octanol–water partition coefficient (Wildman–Crippen LogP) is 1.06. The monoisotopic (exact) mass is 236 g/mol. The molecule has 1 aliphatic heterocycles. The van der Waals surface area contributed by atoms with Crippen LogP contribution < -0.4 is 10.9 Å². The van der Waals surface area contributed by atoms with Gasteiger partial charge in [0, 0.05) is 19.2 Å². The minimum atomic E-state index is -0.162. The molecule has 0 unspecified atom stereocenters. The van der Waals surface area contributed by atoms with E-state index < -0.39 is 0 Å². The van der Waals surface area contributed by atoms with E-state index in [0.717, 1.165) is 18.8 Å². The van der Waals surface area contributed by atoms with Gasteiger partial charge in [0.15, 0.2) is 0 Å². The second kappa shape index (κ2) is 6.39. The van der Waals surface area contributed by atoms with Gasteiger partial charge in [-0.1, -0.05) is 12.8 Å². The van der Waals surface area contributed by atoms with Gasteiger partial charge in [-0.05, 0) is 25.9 Å². The molecule has 0 bridgehead atoms. The molecule has 94 valence electrons. The van der Waals surface area contributed by atoms with Crippen molar-refractivity contribution >= 4 is 5.69 Å². The lowest BCUT2D eigenvalue weighted by Crippen LogP contribution is -2.30. The first-order chi connectivity index (χ1) is 8.34. The number of hydrogen-bond acceptors (Lipinski definition) is 4. The SMILES string of the molecule is O=c1cc(NCCN2CCCCCC2)cn[nH]1. The first-order valence-corrected chi connectivity index (χ1v) is 6.35. The Morgan fingerprint density at radius 2 is 2.06 bits per heavy atom. The fourth-order valence-corrected chi connectivity index (χ4v) is 2.19.